The summed E-state index contributed by atoms with van der Waals surface area (Å²) in [6.07, 6.45) is 0. The number of hydrogen-bond donors (Lipinski definition) is 1. The van der Waals surface area contributed by atoms with Gasteiger partial charge in [-0.1, -0.05) is 30.4 Å². The fourth-order valence-electron chi connectivity index (χ4n) is 3.36. The molecular formula is C21H20N4O5S2. The molecule has 0 bridgehead atoms. The van der Waals surface area contributed by atoms with Crippen LogP contribution in [0.5, 0.6) is 0 Å². The van der Waals surface area contributed by atoms with Crippen LogP contribution in [-0.4, -0.2) is 60.0 Å². The fourth-order valence-corrected chi connectivity index (χ4v) is 5.54. The van der Waals surface area contributed by atoms with E-state index in [1.807, 2.05) is 0 Å². The van der Waals surface area contributed by atoms with E-state index >= 15 is 0 Å². The fraction of sp³-hybridized carbons (Fsp3) is 0.238. The van der Waals surface area contributed by atoms with Gasteiger partial charge in [-0.3, -0.25) is 19.3 Å². The Labute approximate surface area is 188 Å². The lowest BCUT2D eigenvalue weighted by molar-refractivity contribution is -0.119. The van der Waals surface area contributed by atoms with Crippen LogP contribution in [0.25, 0.3) is 10.2 Å². The first-order valence-electron chi connectivity index (χ1n) is 9.80. The zero-order valence-electron chi connectivity index (χ0n) is 17.5. The number of imide groups is 1. The number of carbonyl (C=O) groups excluding carboxylic acids is 3. The third-order valence-electron chi connectivity index (χ3n) is 5.34. The number of hydrogen-bond acceptors (Lipinski definition) is 7. The topological polar surface area (TPSA) is 117 Å². The number of amides is 3. The Morgan fingerprint density at radius 1 is 1.16 bits per heavy atom. The Balaban J connectivity index is 1.55. The highest BCUT2D eigenvalue weighted by Gasteiger charge is 2.40. The van der Waals surface area contributed by atoms with Crippen molar-refractivity contribution in [3.63, 3.8) is 0 Å². The monoisotopic (exact) mass is 472 g/mol. The van der Waals surface area contributed by atoms with Gasteiger partial charge >= 0.3 is 0 Å². The van der Waals surface area contributed by atoms with Crippen molar-refractivity contribution in [1.82, 2.24) is 14.2 Å². The number of aromatic nitrogens is 1. The van der Waals surface area contributed by atoms with Crippen LogP contribution in [0.3, 0.4) is 0 Å². The quantitative estimate of drug-likeness (QED) is 0.551. The molecule has 1 aromatic heterocycles. The zero-order chi connectivity index (χ0) is 23.2. The van der Waals surface area contributed by atoms with Crippen LogP contribution in [0, 0.1) is 0 Å². The van der Waals surface area contributed by atoms with E-state index < -0.39 is 33.8 Å². The second-order valence-corrected chi connectivity index (χ2v) is 10.3. The van der Waals surface area contributed by atoms with Gasteiger partial charge in [-0.25, -0.2) is 17.7 Å². The minimum absolute atomic E-state index is 0.135. The summed E-state index contributed by atoms with van der Waals surface area (Å²) >= 11 is 1.11. The lowest BCUT2D eigenvalue weighted by Gasteiger charge is -2.21. The molecule has 1 N–H and O–H groups in total. The van der Waals surface area contributed by atoms with Crippen molar-refractivity contribution < 1.29 is 22.8 Å². The van der Waals surface area contributed by atoms with E-state index in [0.717, 1.165) is 16.2 Å². The highest BCUT2D eigenvalue weighted by molar-refractivity contribution is 7.89. The first-order valence-corrected chi connectivity index (χ1v) is 12.1. The van der Waals surface area contributed by atoms with E-state index in [9.17, 15) is 22.8 Å². The normalized spacial score (nSPS) is 14.8. The van der Waals surface area contributed by atoms with Crippen molar-refractivity contribution in [1.29, 1.82) is 0 Å². The van der Waals surface area contributed by atoms with E-state index in [4.69, 9.17) is 0 Å². The van der Waals surface area contributed by atoms with Crippen LogP contribution < -0.4 is 5.32 Å². The van der Waals surface area contributed by atoms with E-state index in [2.05, 4.69) is 10.3 Å². The van der Waals surface area contributed by atoms with Gasteiger partial charge in [0.25, 0.3) is 11.8 Å². The van der Waals surface area contributed by atoms with Gasteiger partial charge in [-0.2, -0.15) is 0 Å². The van der Waals surface area contributed by atoms with E-state index in [1.54, 1.807) is 37.3 Å². The summed E-state index contributed by atoms with van der Waals surface area (Å²) < 4.78 is 26.9. The van der Waals surface area contributed by atoms with Crippen LogP contribution in [0.1, 0.15) is 34.6 Å². The number of nitrogens with zero attached hydrogens (tertiary/aromatic N) is 3. The number of benzene rings is 2. The summed E-state index contributed by atoms with van der Waals surface area (Å²) in [7, 11) is -2.12. The maximum atomic E-state index is 12.8. The van der Waals surface area contributed by atoms with Gasteiger partial charge in [-0.15, -0.1) is 0 Å². The predicted molar refractivity (Wildman–Crippen MR) is 120 cm³/mol. The molecule has 1 aliphatic heterocycles. The van der Waals surface area contributed by atoms with Gasteiger partial charge in [0.15, 0.2) is 5.13 Å². The first-order chi connectivity index (χ1) is 15.1. The van der Waals surface area contributed by atoms with E-state index in [-0.39, 0.29) is 21.2 Å². The van der Waals surface area contributed by atoms with Crippen LogP contribution in [0.4, 0.5) is 5.13 Å². The van der Waals surface area contributed by atoms with Crippen LogP contribution in [0.2, 0.25) is 0 Å². The number of nitrogens with one attached hydrogen (secondary N) is 1. The lowest BCUT2D eigenvalue weighted by atomic mass is 10.1. The second kappa shape index (κ2) is 8.08. The number of carbonyl (C=O) groups is 3. The molecule has 0 fully saturated rings. The van der Waals surface area contributed by atoms with Crippen molar-refractivity contribution >= 4 is 54.4 Å². The van der Waals surface area contributed by atoms with Gasteiger partial charge in [-0.05, 0) is 37.3 Å². The highest BCUT2D eigenvalue weighted by Crippen LogP contribution is 2.30. The number of anilines is 1. The summed E-state index contributed by atoms with van der Waals surface area (Å²) in [4.78, 5) is 43.4. The Morgan fingerprint density at radius 2 is 1.78 bits per heavy atom. The van der Waals surface area contributed by atoms with Gasteiger partial charge in [0, 0.05) is 13.6 Å². The van der Waals surface area contributed by atoms with Gasteiger partial charge in [0.05, 0.1) is 26.2 Å². The maximum Gasteiger partial charge on any atom is 0.262 e. The molecule has 0 spiro atoms. The van der Waals surface area contributed by atoms with Crippen LogP contribution in [0.15, 0.2) is 47.4 Å². The van der Waals surface area contributed by atoms with E-state index in [1.165, 1.54) is 30.4 Å². The summed E-state index contributed by atoms with van der Waals surface area (Å²) in [6, 6.07) is 9.92. The van der Waals surface area contributed by atoms with Crippen molar-refractivity contribution in [2.45, 2.75) is 24.8 Å². The molecule has 3 amide bonds. The van der Waals surface area contributed by atoms with Crippen LogP contribution >= 0.6 is 11.3 Å². The molecule has 32 heavy (non-hydrogen) atoms. The molecule has 0 radical (unpaired) electrons. The SMILES string of the molecule is CCN(C)S(=O)(=O)c1ccc2nc(NC(=O)C(C)N3C(=O)c4ccccc4C3=O)sc2c1. The molecule has 1 aliphatic rings. The third-order valence-corrected chi connectivity index (χ3v) is 8.20. The standard InChI is InChI=1S/C21H20N4O5S2/c1-4-24(3)32(29,30)13-9-10-16-17(11-13)31-21(22-16)23-18(26)12(2)25-19(27)14-7-5-6-8-15(14)20(25)28/h5-12H,4H2,1-3H3,(H,22,23,26). The van der Waals surface area contributed by atoms with Gasteiger partial charge in [0.2, 0.25) is 15.9 Å². The number of sulfonamides is 1. The Hall–Kier alpha value is -3.15. The van der Waals surface area contributed by atoms with Crippen molar-refractivity contribution in [2.24, 2.45) is 0 Å². The molecule has 2 heterocycles. The van der Waals surface area contributed by atoms with E-state index in [0.29, 0.717) is 16.8 Å². The molecule has 1 unspecified atom stereocenters. The van der Waals surface area contributed by atoms with Gasteiger partial charge < -0.3 is 5.32 Å². The molecule has 2 aromatic carbocycles. The minimum atomic E-state index is -3.61. The number of rotatable bonds is 6. The Kier molecular flexibility index (Phi) is 5.57. The molecule has 166 valence electrons. The molecule has 1 atom stereocenters. The molecule has 4 rings (SSSR count). The number of thiazole rings is 1. The summed E-state index contributed by atoms with van der Waals surface area (Å²) in [5.74, 6) is -1.61. The summed E-state index contributed by atoms with van der Waals surface area (Å²) in [5, 5.41) is 2.87. The van der Waals surface area contributed by atoms with Crippen molar-refractivity contribution in [3.05, 3.63) is 53.6 Å². The Bertz CT molecular complexity index is 1330. The number of fused-ring (bicyclic) bond motifs is 2. The average Bonchev–Trinajstić information content (AvgIpc) is 3.30. The summed E-state index contributed by atoms with van der Waals surface area (Å²) in [6.45, 7) is 3.54. The first kappa shape index (κ1) is 22.1. The molecule has 3 aromatic rings. The molecule has 9 nitrogen and oxygen atoms in total. The largest absolute Gasteiger partial charge is 0.300 e. The highest BCUT2D eigenvalue weighted by atomic mass is 32.2. The molecular weight excluding hydrogens is 452 g/mol. The molecule has 0 saturated heterocycles. The molecule has 0 aliphatic carbocycles. The Morgan fingerprint density at radius 3 is 2.38 bits per heavy atom. The predicted octanol–water partition coefficient (Wildman–Crippen LogP) is 2.56. The van der Waals surface area contributed by atoms with Crippen molar-refractivity contribution in [2.75, 3.05) is 18.9 Å². The molecule has 0 saturated carbocycles. The van der Waals surface area contributed by atoms with Crippen molar-refractivity contribution in [3.8, 4) is 0 Å². The lowest BCUT2D eigenvalue weighted by Crippen LogP contribution is -2.45. The smallest absolute Gasteiger partial charge is 0.262 e. The van der Waals surface area contributed by atoms with Crippen LogP contribution in [-0.2, 0) is 14.8 Å². The third kappa shape index (κ3) is 3.57. The minimum Gasteiger partial charge on any atom is -0.300 e. The zero-order valence-corrected chi connectivity index (χ0v) is 19.2. The molecule has 11 heteroatoms. The summed E-state index contributed by atoms with van der Waals surface area (Å²) in [5.41, 5.74) is 1.06. The maximum absolute atomic E-state index is 12.8. The van der Waals surface area contributed by atoms with Gasteiger partial charge in [0.1, 0.15) is 6.04 Å². The average molecular weight is 473 g/mol. The second-order valence-electron chi connectivity index (χ2n) is 7.26.